The lowest BCUT2D eigenvalue weighted by atomic mass is 10.2. The first kappa shape index (κ1) is 14.5. The van der Waals surface area contributed by atoms with Crippen molar-refractivity contribution in [2.24, 2.45) is 0 Å². The molecule has 0 atom stereocenters. The van der Waals surface area contributed by atoms with Gasteiger partial charge in [-0.15, -0.1) is 0 Å². The quantitative estimate of drug-likeness (QED) is 0.793. The molecule has 1 heterocycles. The lowest BCUT2D eigenvalue weighted by molar-refractivity contribution is 0.0527. The molecule has 1 rings (SSSR count). The molecule has 0 bridgehead atoms. The predicted molar refractivity (Wildman–Crippen MR) is 70.3 cm³/mol. The van der Waals surface area contributed by atoms with Crippen LogP contribution in [0.3, 0.4) is 0 Å². The molecule has 0 fully saturated rings. The molecule has 5 nitrogen and oxygen atoms in total. The Balaban J connectivity index is 1.97. The fourth-order valence-corrected chi connectivity index (χ4v) is 1.51. The fraction of sp³-hybridized carbons (Fsp3) is 0.692. The minimum absolute atomic E-state index is 0.338. The fourth-order valence-electron chi connectivity index (χ4n) is 1.51. The van der Waals surface area contributed by atoms with Crippen LogP contribution in [0.15, 0.2) is 18.5 Å². The van der Waals surface area contributed by atoms with Gasteiger partial charge in [0.1, 0.15) is 5.60 Å². The van der Waals surface area contributed by atoms with Crippen molar-refractivity contribution < 1.29 is 9.53 Å². The Labute approximate surface area is 109 Å². The maximum atomic E-state index is 11.3. The summed E-state index contributed by atoms with van der Waals surface area (Å²) < 4.78 is 7.06. The largest absolute Gasteiger partial charge is 0.444 e. The Kier molecular flexibility index (Phi) is 5.68. The zero-order valence-corrected chi connectivity index (χ0v) is 11.5. The van der Waals surface area contributed by atoms with Crippen LogP contribution in [0.1, 0.15) is 40.0 Å². The lowest BCUT2D eigenvalue weighted by Crippen LogP contribution is -2.33. The second-order valence-corrected chi connectivity index (χ2v) is 5.26. The smallest absolute Gasteiger partial charge is 0.407 e. The average Bonchev–Trinajstić information content (AvgIpc) is 2.73. The molecule has 1 aromatic rings. The normalized spacial score (nSPS) is 11.3. The number of carbonyl (C=O) groups excluding carboxylic acids is 1. The van der Waals surface area contributed by atoms with Crippen molar-refractivity contribution in [2.75, 3.05) is 6.54 Å². The lowest BCUT2D eigenvalue weighted by Gasteiger charge is -2.19. The second-order valence-electron chi connectivity index (χ2n) is 5.26. The van der Waals surface area contributed by atoms with Gasteiger partial charge in [0.05, 0.1) is 0 Å². The van der Waals surface area contributed by atoms with E-state index >= 15 is 0 Å². The number of ether oxygens (including phenoxy) is 1. The molecule has 0 aliphatic heterocycles. The zero-order chi connectivity index (χ0) is 13.4. The molecular formula is C13H23N3O2. The van der Waals surface area contributed by atoms with Gasteiger partial charge in [-0.25, -0.2) is 4.79 Å². The highest BCUT2D eigenvalue weighted by atomic mass is 16.6. The van der Waals surface area contributed by atoms with E-state index in [-0.39, 0.29) is 6.09 Å². The molecule has 0 aliphatic carbocycles. The van der Waals surface area contributed by atoms with Crippen molar-refractivity contribution in [1.29, 1.82) is 0 Å². The number of amides is 1. The number of hydrogen-bond acceptors (Lipinski definition) is 3. The first-order chi connectivity index (χ1) is 8.47. The van der Waals surface area contributed by atoms with E-state index in [4.69, 9.17) is 4.74 Å². The summed E-state index contributed by atoms with van der Waals surface area (Å²) in [6, 6.07) is 1.92. The summed E-state index contributed by atoms with van der Waals surface area (Å²) >= 11 is 0. The molecular weight excluding hydrogens is 230 g/mol. The Bertz CT molecular complexity index is 342. The number of rotatable bonds is 6. The van der Waals surface area contributed by atoms with E-state index in [9.17, 15) is 4.79 Å². The molecule has 5 heteroatoms. The maximum absolute atomic E-state index is 11.3. The predicted octanol–water partition coefficient (Wildman–Crippen LogP) is 2.58. The topological polar surface area (TPSA) is 56.1 Å². The summed E-state index contributed by atoms with van der Waals surface area (Å²) in [5, 5.41) is 6.88. The standard InChI is InChI=1S/C13H23N3O2/c1-13(2,3)18-12(17)14-8-5-4-6-10-16-11-7-9-15-16/h7,9,11H,4-6,8,10H2,1-3H3,(H,14,17). The molecule has 1 aromatic heterocycles. The van der Waals surface area contributed by atoms with Crippen molar-refractivity contribution in [3.05, 3.63) is 18.5 Å². The van der Waals surface area contributed by atoms with Crippen molar-refractivity contribution in [1.82, 2.24) is 15.1 Å². The Morgan fingerprint density at radius 2 is 2.11 bits per heavy atom. The Morgan fingerprint density at radius 1 is 1.33 bits per heavy atom. The van der Waals surface area contributed by atoms with E-state index in [1.54, 1.807) is 6.20 Å². The van der Waals surface area contributed by atoms with Gasteiger partial charge in [0.15, 0.2) is 0 Å². The highest BCUT2D eigenvalue weighted by Crippen LogP contribution is 2.06. The van der Waals surface area contributed by atoms with Crippen molar-refractivity contribution in [2.45, 2.75) is 52.2 Å². The minimum atomic E-state index is -0.426. The van der Waals surface area contributed by atoms with Gasteiger partial charge in [-0.05, 0) is 46.1 Å². The summed E-state index contributed by atoms with van der Waals surface area (Å²) in [4.78, 5) is 11.3. The van der Waals surface area contributed by atoms with Crippen LogP contribution in [0, 0.1) is 0 Å². The Hall–Kier alpha value is -1.52. The molecule has 0 radical (unpaired) electrons. The van der Waals surface area contributed by atoms with Crippen LogP contribution in [0.2, 0.25) is 0 Å². The van der Waals surface area contributed by atoms with Crippen LogP contribution in [0.25, 0.3) is 0 Å². The molecule has 0 spiro atoms. The van der Waals surface area contributed by atoms with Gasteiger partial charge < -0.3 is 10.1 Å². The maximum Gasteiger partial charge on any atom is 0.407 e. The number of nitrogens with zero attached hydrogens (tertiary/aromatic N) is 2. The summed E-state index contributed by atoms with van der Waals surface area (Å²) in [5.41, 5.74) is -0.426. The van der Waals surface area contributed by atoms with Crippen molar-refractivity contribution in [3.8, 4) is 0 Å². The third-order valence-corrected chi connectivity index (χ3v) is 2.29. The number of nitrogens with one attached hydrogen (secondary N) is 1. The van der Waals surface area contributed by atoms with Gasteiger partial charge in [-0.2, -0.15) is 5.10 Å². The van der Waals surface area contributed by atoms with Gasteiger partial charge >= 0.3 is 6.09 Å². The van der Waals surface area contributed by atoms with Crippen LogP contribution in [0.5, 0.6) is 0 Å². The molecule has 1 amide bonds. The number of unbranched alkanes of at least 4 members (excludes halogenated alkanes) is 2. The first-order valence-electron chi connectivity index (χ1n) is 6.42. The van der Waals surface area contributed by atoms with E-state index in [1.807, 2.05) is 37.7 Å². The SMILES string of the molecule is CC(C)(C)OC(=O)NCCCCCn1cccn1. The minimum Gasteiger partial charge on any atom is -0.444 e. The number of alkyl carbamates (subject to hydrolysis) is 1. The summed E-state index contributed by atoms with van der Waals surface area (Å²) in [7, 11) is 0. The summed E-state index contributed by atoms with van der Waals surface area (Å²) in [6.07, 6.45) is 6.49. The van der Waals surface area contributed by atoms with Crippen LogP contribution < -0.4 is 5.32 Å². The van der Waals surface area contributed by atoms with E-state index < -0.39 is 5.60 Å². The molecule has 0 aromatic carbocycles. The number of hydrogen-bond donors (Lipinski definition) is 1. The van der Waals surface area contributed by atoms with Crippen molar-refractivity contribution in [3.63, 3.8) is 0 Å². The van der Waals surface area contributed by atoms with Gasteiger partial charge in [-0.1, -0.05) is 0 Å². The molecule has 0 unspecified atom stereocenters. The second kappa shape index (κ2) is 7.03. The Morgan fingerprint density at radius 3 is 2.72 bits per heavy atom. The van der Waals surface area contributed by atoms with E-state index in [2.05, 4.69) is 10.4 Å². The van der Waals surface area contributed by atoms with Gasteiger partial charge in [0.2, 0.25) is 0 Å². The van der Waals surface area contributed by atoms with Crippen LogP contribution >= 0.6 is 0 Å². The molecule has 0 saturated carbocycles. The van der Waals surface area contributed by atoms with Crippen LogP contribution in [-0.4, -0.2) is 28.0 Å². The third kappa shape index (κ3) is 6.93. The molecule has 0 saturated heterocycles. The molecule has 18 heavy (non-hydrogen) atoms. The molecule has 1 N–H and O–H groups in total. The highest BCUT2D eigenvalue weighted by molar-refractivity contribution is 5.67. The number of aromatic nitrogens is 2. The van der Waals surface area contributed by atoms with E-state index in [1.165, 1.54) is 0 Å². The van der Waals surface area contributed by atoms with Crippen LogP contribution in [-0.2, 0) is 11.3 Å². The summed E-state index contributed by atoms with van der Waals surface area (Å²) in [6.45, 7) is 7.16. The zero-order valence-electron chi connectivity index (χ0n) is 11.5. The van der Waals surface area contributed by atoms with Gasteiger partial charge in [0.25, 0.3) is 0 Å². The van der Waals surface area contributed by atoms with Crippen molar-refractivity contribution >= 4 is 6.09 Å². The summed E-state index contributed by atoms with van der Waals surface area (Å²) in [5.74, 6) is 0. The first-order valence-corrected chi connectivity index (χ1v) is 6.42. The van der Waals surface area contributed by atoms with E-state index in [0.717, 1.165) is 25.8 Å². The molecule has 0 aliphatic rings. The monoisotopic (exact) mass is 253 g/mol. The van der Waals surface area contributed by atoms with Gasteiger partial charge in [-0.3, -0.25) is 4.68 Å². The highest BCUT2D eigenvalue weighted by Gasteiger charge is 2.15. The van der Waals surface area contributed by atoms with Gasteiger partial charge in [0, 0.05) is 25.5 Å². The van der Waals surface area contributed by atoms with Crippen LogP contribution in [0.4, 0.5) is 4.79 Å². The number of carbonyl (C=O) groups is 1. The van der Waals surface area contributed by atoms with E-state index in [0.29, 0.717) is 6.54 Å². The number of aryl methyl sites for hydroxylation is 1. The third-order valence-electron chi connectivity index (χ3n) is 2.29. The molecule has 102 valence electrons. The average molecular weight is 253 g/mol.